The standard InChI is InChI=1S/C17H22N4/c1-2-9-18-11-15-12-19-13-17(20-15)21-10-5-7-14-6-3-4-8-16(14)21/h3-4,6,8,12-13,18H,2,5,7,9-11H2,1H3. The predicted molar refractivity (Wildman–Crippen MR) is 85.8 cm³/mol. The number of benzene rings is 1. The number of nitrogens with zero attached hydrogens (tertiary/aromatic N) is 3. The van der Waals surface area contributed by atoms with Gasteiger partial charge >= 0.3 is 0 Å². The highest BCUT2D eigenvalue weighted by Gasteiger charge is 2.18. The van der Waals surface area contributed by atoms with Gasteiger partial charge in [-0.2, -0.15) is 0 Å². The average molecular weight is 282 g/mol. The van der Waals surface area contributed by atoms with Gasteiger partial charge < -0.3 is 10.2 Å². The van der Waals surface area contributed by atoms with Crippen molar-refractivity contribution in [1.29, 1.82) is 0 Å². The van der Waals surface area contributed by atoms with E-state index in [0.29, 0.717) is 0 Å². The van der Waals surface area contributed by atoms with Gasteiger partial charge in [0.05, 0.1) is 11.9 Å². The topological polar surface area (TPSA) is 41.1 Å². The highest BCUT2D eigenvalue weighted by atomic mass is 15.2. The predicted octanol–water partition coefficient (Wildman–Crippen LogP) is 3.06. The van der Waals surface area contributed by atoms with Gasteiger partial charge in [-0.3, -0.25) is 4.98 Å². The molecule has 0 atom stereocenters. The second-order valence-electron chi connectivity index (χ2n) is 5.43. The van der Waals surface area contributed by atoms with Crippen molar-refractivity contribution in [3.05, 3.63) is 47.9 Å². The Morgan fingerprint density at radius 3 is 3.05 bits per heavy atom. The Labute approximate surface area is 126 Å². The monoisotopic (exact) mass is 282 g/mol. The Kier molecular flexibility index (Phi) is 4.46. The van der Waals surface area contributed by atoms with Gasteiger partial charge in [-0.1, -0.05) is 25.1 Å². The molecule has 0 spiro atoms. The number of fused-ring (bicyclic) bond motifs is 1. The molecule has 0 fully saturated rings. The Bertz CT molecular complexity index is 597. The highest BCUT2D eigenvalue weighted by Crippen LogP contribution is 2.31. The third-order valence-corrected chi connectivity index (χ3v) is 3.79. The minimum absolute atomic E-state index is 0.782. The fourth-order valence-electron chi connectivity index (χ4n) is 2.77. The van der Waals surface area contributed by atoms with Crippen molar-refractivity contribution in [1.82, 2.24) is 15.3 Å². The van der Waals surface area contributed by atoms with E-state index in [0.717, 1.165) is 50.4 Å². The Morgan fingerprint density at radius 2 is 2.14 bits per heavy atom. The van der Waals surface area contributed by atoms with Crippen molar-refractivity contribution in [2.24, 2.45) is 0 Å². The van der Waals surface area contributed by atoms with E-state index in [1.165, 1.54) is 11.3 Å². The molecular weight excluding hydrogens is 260 g/mol. The summed E-state index contributed by atoms with van der Waals surface area (Å²) >= 11 is 0. The largest absolute Gasteiger partial charge is 0.325 e. The van der Waals surface area contributed by atoms with E-state index in [1.54, 1.807) is 0 Å². The maximum Gasteiger partial charge on any atom is 0.151 e. The Morgan fingerprint density at radius 1 is 1.24 bits per heavy atom. The summed E-state index contributed by atoms with van der Waals surface area (Å²) in [7, 11) is 0. The van der Waals surface area contributed by atoms with Gasteiger partial charge in [0.1, 0.15) is 0 Å². The zero-order valence-electron chi connectivity index (χ0n) is 12.5. The van der Waals surface area contributed by atoms with Gasteiger partial charge in [0.15, 0.2) is 5.82 Å². The van der Waals surface area contributed by atoms with Crippen molar-refractivity contribution in [2.45, 2.75) is 32.7 Å². The van der Waals surface area contributed by atoms with Crippen LogP contribution in [0.1, 0.15) is 31.0 Å². The van der Waals surface area contributed by atoms with Gasteiger partial charge in [0, 0.05) is 25.0 Å². The maximum absolute atomic E-state index is 4.77. The molecule has 0 radical (unpaired) electrons. The molecule has 0 bridgehead atoms. The number of aromatic nitrogens is 2. The summed E-state index contributed by atoms with van der Waals surface area (Å²) in [4.78, 5) is 11.4. The summed E-state index contributed by atoms with van der Waals surface area (Å²) in [5.74, 6) is 0.956. The van der Waals surface area contributed by atoms with Crippen LogP contribution in [0, 0.1) is 0 Å². The molecule has 1 N–H and O–H groups in total. The lowest BCUT2D eigenvalue weighted by Gasteiger charge is -2.30. The van der Waals surface area contributed by atoms with E-state index in [-0.39, 0.29) is 0 Å². The van der Waals surface area contributed by atoms with Crippen LogP contribution in [0.25, 0.3) is 0 Å². The summed E-state index contributed by atoms with van der Waals surface area (Å²) in [6.07, 6.45) is 7.16. The number of anilines is 2. The van der Waals surface area contributed by atoms with E-state index in [9.17, 15) is 0 Å². The van der Waals surface area contributed by atoms with Gasteiger partial charge in [0.25, 0.3) is 0 Å². The molecule has 2 heterocycles. The minimum Gasteiger partial charge on any atom is -0.325 e. The molecule has 3 rings (SSSR count). The molecule has 1 aromatic heterocycles. The van der Waals surface area contributed by atoms with E-state index < -0.39 is 0 Å². The first-order valence-corrected chi connectivity index (χ1v) is 7.75. The number of rotatable bonds is 5. The summed E-state index contributed by atoms with van der Waals surface area (Å²) < 4.78 is 0. The van der Waals surface area contributed by atoms with Crippen LogP contribution in [0.5, 0.6) is 0 Å². The first-order chi connectivity index (χ1) is 10.4. The summed E-state index contributed by atoms with van der Waals surface area (Å²) in [5.41, 5.74) is 3.68. The first kappa shape index (κ1) is 14.0. The van der Waals surface area contributed by atoms with Gasteiger partial charge in [-0.05, 0) is 37.4 Å². The second-order valence-corrected chi connectivity index (χ2v) is 5.43. The minimum atomic E-state index is 0.782. The third-order valence-electron chi connectivity index (χ3n) is 3.79. The Hall–Kier alpha value is -1.94. The van der Waals surface area contributed by atoms with Crippen molar-refractivity contribution in [3.8, 4) is 0 Å². The summed E-state index contributed by atoms with van der Waals surface area (Å²) in [5, 5.41) is 3.38. The lowest BCUT2D eigenvalue weighted by molar-refractivity contribution is 0.660. The fraction of sp³-hybridized carbons (Fsp3) is 0.412. The van der Waals surface area contributed by atoms with Gasteiger partial charge in [-0.25, -0.2) is 4.98 Å². The lowest BCUT2D eigenvalue weighted by atomic mass is 10.0. The van der Waals surface area contributed by atoms with E-state index in [4.69, 9.17) is 4.98 Å². The highest BCUT2D eigenvalue weighted by molar-refractivity contribution is 5.64. The molecule has 1 aliphatic heterocycles. The molecule has 0 amide bonds. The number of nitrogens with one attached hydrogen (secondary N) is 1. The van der Waals surface area contributed by atoms with Crippen LogP contribution in [0.3, 0.4) is 0 Å². The van der Waals surface area contributed by atoms with Crippen LogP contribution in [0.4, 0.5) is 11.5 Å². The smallest absolute Gasteiger partial charge is 0.151 e. The third kappa shape index (κ3) is 3.22. The molecule has 0 saturated heterocycles. The van der Waals surface area contributed by atoms with Crippen molar-refractivity contribution in [2.75, 3.05) is 18.0 Å². The molecule has 110 valence electrons. The first-order valence-electron chi connectivity index (χ1n) is 7.75. The molecule has 0 unspecified atom stereocenters. The number of hydrogen-bond donors (Lipinski definition) is 1. The number of aryl methyl sites for hydroxylation is 1. The van der Waals surface area contributed by atoms with Crippen molar-refractivity contribution in [3.63, 3.8) is 0 Å². The molecule has 21 heavy (non-hydrogen) atoms. The fourth-order valence-corrected chi connectivity index (χ4v) is 2.77. The number of hydrogen-bond acceptors (Lipinski definition) is 4. The molecule has 0 saturated carbocycles. The zero-order chi connectivity index (χ0) is 14.5. The van der Waals surface area contributed by atoms with E-state index in [1.807, 2.05) is 12.4 Å². The normalized spacial score (nSPS) is 14.0. The lowest BCUT2D eigenvalue weighted by Crippen LogP contribution is -2.26. The maximum atomic E-state index is 4.77. The molecule has 2 aromatic rings. The van der Waals surface area contributed by atoms with Crippen molar-refractivity contribution >= 4 is 11.5 Å². The van der Waals surface area contributed by atoms with E-state index in [2.05, 4.69) is 46.4 Å². The molecule has 1 aliphatic rings. The van der Waals surface area contributed by atoms with Crippen LogP contribution in [-0.4, -0.2) is 23.1 Å². The SMILES string of the molecule is CCCNCc1cncc(N2CCCc3ccccc32)n1. The number of para-hydroxylation sites is 1. The summed E-state index contributed by atoms with van der Waals surface area (Å²) in [6, 6.07) is 8.59. The van der Waals surface area contributed by atoms with Crippen LogP contribution in [0.2, 0.25) is 0 Å². The molecule has 1 aromatic carbocycles. The van der Waals surface area contributed by atoms with Crippen molar-refractivity contribution < 1.29 is 0 Å². The molecule has 4 nitrogen and oxygen atoms in total. The molecule has 0 aliphatic carbocycles. The van der Waals surface area contributed by atoms with Gasteiger partial charge in [0.2, 0.25) is 0 Å². The van der Waals surface area contributed by atoms with Crippen LogP contribution in [-0.2, 0) is 13.0 Å². The zero-order valence-corrected chi connectivity index (χ0v) is 12.5. The average Bonchev–Trinajstić information content (AvgIpc) is 2.55. The molecule has 4 heteroatoms. The Balaban J connectivity index is 1.83. The van der Waals surface area contributed by atoms with E-state index >= 15 is 0 Å². The van der Waals surface area contributed by atoms with Gasteiger partial charge in [-0.15, -0.1) is 0 Å². The van der Waals surface area contributed by atoms with Crippen LogP contribution in [0.15, 0.2) is 36.7 Å². The quantitative estimate of drug-likeness (QED) is 0.856. The summed E-state index contributed by atoms with van der Waals surface area (Å²) in [6.45, 7) is 4.97. The second kappa shape index (κ2) is 6.68. The van der Waals surface area contributed by atoms with Crippen LogP contribution < -0.4 is 10.2 Å². The molecular formula is C17H22N4. The van der Waals surface area contributed by atoms with Crippen LogP contribution >= 0.6 is 0 Å².